The first-order chi connectivity index (χ1) is 16.3. The molecular formula is C26H35N3O4S. The lowest BCUT2D eigenvalue weighted by Crippen LogP contribution is -2.42. The van der Waals surface area contributed by atoms with Crippen molar-refractivity contribution >= 4 is 21.6 Å². The first-order valence-corrected chi connectivity index (χ1v) is 13.5. The average Bonchev–Trinajstić information content (AvgIpc) is 3.31. The van der Waals surface area contributed by atoms with Crippen molar-refractivity contribution in [1.29, 1.82) is 0 Å². The van der Waals surface area contributed by atoms with E-state index in [4.69, 9.17) is 4.74 Å². The van der Waals surface area contributed by atoms with Gasteiger partial charge in [0, 0.05) is 44.0 Å². The molecule has 2 aliphatic rings. The Hall–Kier alpha value is -2.58. The number of ether oxygens (including phenoxy) is 1. The van der Waals surface area contributed by atoms with E-state index in [0.29, 0.717) is 31.1 Å². The number of anilines is 1. The zero-order chi connectivity index (χ0) is 24.3. The van der Waals surface area contributed by atoms with Crippen LogP contribution >= 0.6 is 0 Å². The van der Waals surface area contributed by atoms with E-state index in [-0.39, 0.29) is 28.4 Å². The van der Waals surface area contributed by atoms with Crippen molar-refractivity contribution in [3.05, 3.63) is 54.1 Å². The van der Waals surface area contributed by atoms with E-state index < -0.39 is 10.0 Å². The average molecular weight is 486 g/mol. The molecule has 184 valence electrons. The molecule has 2 saturated heterocycles. The maximum Gasteiger partial charge on any atom is 0.251 e. The van der Waals surface area contributed by atoms with Gasteiger partial charge in [0.05, 0.1) is 7.11 Å². The van der Waals surface area contributed by atoms with E-state index >= 15 is 0 Å². The molecule has 2 aliphatic heterocycles. The highest BCUT2D eigenvalue weighted by Crippen LogP contribution is 2.32. The summed E-state index contributed by atoms with van der Waals surface area (Å²) < 4.78 is 33.9. The van der Waals surface area contributed by atoms with Crippen LogP contribution in [0.4, 0.5) is 5.69 Å². The molecule has 0 spiro atoms. The van der Waals surface area contributed by atoms with Crippen molar-refractivity contribution in [2.24, 2.45) is 17.8 Å². The molecule has 0 aromatic heterocycles. The Morgan fingerprint density at radius 2 is 1.76 bits per heavy atom. The number of nitrogens with zero attached hydrogens (tertiary/aromatic N) is 2. The second kappa shape index (κ2) is 10.4. The number of para-hydroxylation sites is 1. The normalized spacial score (nSPS) is 23.6. The van der Waals surface area contributed by atoms with Crippen LogP contribution in [0.5, 0.6) is 5.75 Å². The number of nitrogens with one attached hydrogen (secondary N) is 1. The first-order valence-electron chi connectivity index (χ1n) is 12.0. The molecule has 1 amide bonds. The Bertz CT molecular complexity index is 1100. The lowest BCUT2D eigenvalue weighted by molar-refractivity contribution is 0.0948. The Labute approximate surface area is 203 Å². The molecule has 3 atom stereocenters. The number of sulfonamides is 1. The molecule has 7 nitrogen and oxygen atoms in total. The summed E-state index contributed by atoms with van der Waals surface area (Å²) in [7, 11) is -2.32. The summed E-state index contributed by atoms with van der Waals surface area (Å²) in [4.78, 5) is 15.3. The van der Waals surface area contributed by atoms with Gasteiger partial charge in [-0.25, -0.2) is 8.42 Å². The number of methoxy groups -OCH3 is 1. The number of carbonyl (C=O) groups is 1. The van der Waals surface area contributed by atoms with Gasteiger partial charge in [0.1, 0.15) is 10.6 Å². The number of carbonyl (C=O) groups excluding carboxylic acids is 1. The van der Waals surface area contributed by atoms with Crippen LogP contribution in [-0.4, -0.2) is 58.5 Å². The number of piperidine rings is 1. The Morgan fingerprint density at radius 3 is 2.44 bits per heavy atom. The zero-order valence-electron chi connectivity index (χ0n) is 20.2. The SMILES string of the molecule is COc1ccc(C(=O)NCC2CCN(c3ccccc3)C2)cc1S(=O)(=O)N1CC(C)CC(C)C1. The molecule has 8 heteroatoms. The maximum atomic E-state index is 13.5. The van der Waals surface area contributed by atoms with Crippen molar-refractivity contribution in [2.75, 3.05) is 44.7 Å². The molecule has 34 heavy (non-hydrogen) atoms. The standard InChI is InChI=1S/C26H35N3O4S/c1-19-13-20(2)17-29(16-19)34(31,32)25-14-22(9-10-24(25)33-3)26(30)27-15-21-11-12-28(18-21)23-7-5-4-6-8-23/h4-10,14,19-21H,11-13,15-18H2,1-3H3,(H,27,30). The van der Waals surface area contributed by atoms with Crippen molar-refractivity contribution in [3.8, 4) is 5.75 Å². The van der Waals surface area contributed by atoms with Crippen LogP contribution in [0, 0.1) is 17.8 Å². The highest BCUT2D eigenvalue weighted by atomic mass is 32.2. The summed E-state index contributed by atoms with van der Waals surface area (Å²) in [5.74, 6) is 0.923. The molecule has 0 aliphatic carbocycles. The third-order valence-corrected chi connectivity index (χ3v) is 8.69. The minimum atomic E-state index is -3.77. The van der Waals surface area contributed by atoms with Crippen molar-refractivity contribution in [1.82, 2.24) is 9.62 Å². The Balaban J connectivity index is 1.44. The summed E-state index contributed by atoms with van der Waals surface area (Å²) in [6.07, 6.45) is 2.01. The minimum absolute atomic E-state index is 0.0556. The number of hydrogen-bond donors (Lipinski definition) is 1. The smallest absolute Gasteiger partial charge is 0.251 e. The van der Waals surface area contributed by atoms with E-state index in [0.717, 1.165) is 25.9 Å². The molecule has 1 N–H and O–H groups in total. The van der Waals surface area contributed by atoms with E-state index in [2.05, 4.69) is 36.2 Å². The fourth-order valence-corrected chi connectivity index (χ4v) is 7.03. The molecule has 2 heterocycles. The van der Waals surface area contributed by atoms with Gasteiger partial charge in [-0.05, 0) is 60.9 Å². The fraction of sp³-hybridized carbons (Fsp3) is 0.500. The second-order valence-electron chi connectivity index (χ2n) is 9.78. The van der Waals surface area contributed by atoms with Crippen molar-refractivity contribution in [2.45, 2.75) is 31.6 Å². The summed E-state index contributed by atoms with van der Waals surface area (Å²) in [6.45, 7) is 7.50. The number of hydrogen-bond acceptors (Lipinski definition) is 5. The van der Waals surface area contributed by atoms with E-state index in [1.165, 1.54) is 23.2 Å². The monoisotopic (exact) mass is 485 g/mol. The molecule has 2 aromatic rings. The molecule has 0 radical (unpaired) electrons. The van der Waals surface area contributed by atoms with Crippen LogP contribution in [0.25, 0.3) is 0 Å². The van der Waals surface area contributed by atoms with E-state index in [1.54, 1.807) is 12.1 Å². The number of benzene rings is 2. The van der Waals surface area contributed by atoms with Crippen molar-refractivity contribution < 1.29 is 17.9 Å². The van der Waals surface area contributed by atoms with Crippen LogP contribution < -0.4 is 15.0 Å². The third kappa shape index (κ3) is 5.39. The van der Waals surface area contributed by atoms with Gasteiger partial charge >= 0.3 is 0 Å². The molecule has 2 aromatic carbocycles. The van der Waals surface area contributed by atoms with Gasteiger partial charge in [-0.15, -0.1) is 0 Å². The molecule has 2 fully saturated rings. The predicted octanol–water partition coefficient (Wildman–Crippen LogP) is 3.62. The number of amides is 1. The highest BCUT2D eigenvalue weighted by molar-refractivity contribution is 7.89. The van der Waals surface area contributed by atoms with Gasteiger partial charge in [0.2, 0.25) is 10.0 Å². The Morgan fingerprint density at radius 1 is 1.06 bits per heavy atom. The van der Waals surface area contributed by atoms with Gasteiger partial charge in [0.25, 0.3) is 5.91 Å². The summed E-state index contributed by atoms with van der Waals surface area (Å²) in [5, 5.41) is 3.01. The highest BCUT2D eigenvalue weighted by Gasteiger charge is 2.34. The Kier molecular flexibility index (Phi) is 7.48. The van der Waals surface area contributed by atoms with Gasteiger partial charge in [-0.3, -0.25) is 4.79 Å². The second-order valence-corrected chi connectivity index (χ2v) is 11.7. The van der Waals surface area contributed by atoms with Crippen LogP contribution in [0.3, 0.4) is 0 Å². The van der Waals surface area contributed by atoms with Crippen LogP contribution in [0.2, 0.25) is 0 Å². The van der Waals surface area contributed by atoms with Gasteiger partial charge in [-0.1, -0.05) is 32.0 Å². The number of rotatable bonds is 7. The summed E-state index contributed by atoms with van der Waals surface area (Å²) in [6, 6.07) is 14.9. The zero-order valence-corrected chi connectivity index (χ0v) is 21.1. The maximum absolute atomic E-state index is 13.5. The fourth-order valence-electron chi connectivity index (χ4n) is 5.17. The van der Waals surface area contributed by atoms with Crippen LogP contribution in [-0.2, 0) is 10.0 Å². The molecule has 4 rings (SSSR count). The first kappa shape index (κ1) is 24.5. The van der Waals surface area contributed by atoms with Crippen LogP contribution in [0.15, 0.2) is 53.4 Å². The van der Waals surface area contributed by atoms with Gasteiger partial charge in [0.15, 0.2) is 0 Å². The van der Waals surface area contributed by atoms with E-state index in [1.807, 2.05) is 18.2 Å². The molecule has 0 bridgehead atoms. The summed E-state index contributed by atoms with van der Waals surface area (Å²) >= 11 is 0. The molecule has 0 saturated carbocycles. The third-order valence-electron chi connectivity index (χ3n) is 6.84. The topological polar surface area (TPSA) is 79.0 Å². The largest absolute Gasteiger partial charge is 0.495 e. The van der Waals surface area contributed by atoms with Crippen LogP contribution in [0.1, 0.15) is 37.0 Å². The van der Waals surface area contributed by atoms with Gasteiger partial charge < -0.3 is 15.0 Å². The van der Waals surface area contributed by atoms with E-state index in [9.17, 15) is 13.2 Å². The molecular weight excluding hydrogens is 450 g/mol. The molecule has 3 unspecified atom stereocenters. The minimum Gasteiger partial charge on any atom is -0.495 e. The lowest BCUT2D eigenvalue weighted by Gasteiger charge is -2.34. The quantitative estimate of drug-likeness (QED) is 0.648. The summed E-state index contributed by atoms with van der Waals surface area (Å²) in [5.41, 5.74) is 1.53. The van der Waals surface area contributed by atoms with Gasteiger partial charge in [-0.2, -0.15) is 4.31 Å². The van der Waals surface area contributed by atoms with Crippen molar-refractivity contribution in [3.63, 3.8) is 0 Å². The lowest BCUT2D eigenvalue weighted by atomic mass is 9.94. The predicted molar refractivity (Wildman–Crippen MR) is 134 cm³/mol.